The summed E-state index contributed by atoms with van der Waals surface area (Å²) in [5, 5.41) is 0. The minimum atomic E-state index is -0.238. The summed E-state index contributed by atoms with van der Waals surface area (Å²) in [7, 11) is 1.62. The summed E-state index contributed by atoms with van der Waals surface area (Å²) >= 11 is 0. The summed E-state index contributed by atoms with van der Waals surface area (Å²) in [4.78, 5) is 0. The van der Waals surface area contributed by atoms with Crippen LogP contribution in [0, 0.1) is 23.7 Å². The molecule has 7 aromatic rings. The van der Waals surface area contributed by atoms with Crippen molar-refractivity contribution in [2.75, 3.05) is 40.5 Å². The summed E-state index contributed by atoms with van der Waals surface area (Å²) in [6, 6.07) is 60.6. The molecule has 0 N–H and O–H groups in total. The van der Waals surface area contributed by atoms with E-state index < -0.39 is 0 Å². The van der Waals surface area contributed by atoms with Gasteiger partial charge in [-0.2, -0.15) is 0 Å². The topological polar surface area (TPSA) is 111 Å². The minimum Gasteiger partial charge on any atom is -0.468 e. The zero-order valence-electron chi connectivity index (χ0n) is 75.8. The predicted molar refractivity (Wildman–Crippen MR) is 484 cm³/mol. The zero-order chi connectivity index (χ0) is 84.2. The average molecular weight is 1610 g/mol. The van der Waals surface area contributed by atoms with Gasteiger partial charge in [0.05, 0.1) is 24.9 Å². The number of rotatable bonds is 39. The number of methoxy groups -OCH3 is 1. The highest BCUT2D eigenvalue weighted by molar-refractivity contribution is 5.34. The third-order valence-corrected chi connectivity index (χ3v) is 25.0. The van der Waals surface area contributed by atoms with Gasteiger partial charge < -0.3 is 56.8 Å². The molecule has 648 valence electrons. The van der Waals surface area contributed by atoms with E-state index in [2.05, 4.69) is 204 Å². The summed E-state index contributed by atoms with van der Waals surface area (Å²) < 4.78 is 68.3. The maximum Gasteiger partial charge on any atom is 0.197 e. The molecule has 0 aliphatic heterocycles. The van der Waals surface area contributed by atoms with Gasteiger partial charge in [0, 0.05) is 13.7 Å². The Morgan fingerprint density at radius 3 is 0.991 bits per heavy atom. The Balaban J connectivity index is 0.000000196. The monoisotopic (exact) mass is 1610 g/mol. The molecule has 12 heteroatoms. The maximum atomic E-state index is 6.32. The Labute approximate surface area is 710 Å². The van der Waals surface area contributed by atoms with Crippen molar-refractivity contribution >= 4 is 0 Å². The lowest BCUT2D eigenvalue weighted by Gasteiger charge is -2.56. The Morgan fingerprint density at radius 2 is 0.650 bits per heavy atom. The normalized spacial score (nSPS) is 20.0. The molecule has 10 unspecified atom stereocenters. The van der Waals surface area contributed by atoms with Gasteiger partial charge in [0.25, 0.3) is 0 Å². The Kier molecular flexibility index (Phi) is 45.2. The van der Waals surface area contributed by atoms with Crippen LogP contribution in [-0.2, 0) is 34.8 Å². The van der Waals surface area contributed by atoms with Crippen LogP contribution in [0.4, 0.5) is 0 Å². The van der Waals surface area contributed by atoms with Gasteiger partial charge in [0.1, 0.15) is 34.5 Å². The van der Waals surface area contributed by atoms with Gasteiger partial charge in [-0.1, -0.05) is 238 Å². The lowest BCUT2D eigenvalue weighted by Crippen LogP contribution is -2.52. The van der Waals surface area contributed by atoms with Gasteiger partial charge in [-0.25, -0.2) is 0 Å². The summed E-state index contributed by atoms with van der Waals surface area (Å²) in [5.74, 6) is 12.6. The van der Waals surface area contributed by atoms with Crippen LogP contribution in [0.3, 0.4) is 0 Å². The molecule has 7 aromatic carbocycles. The second kappa shape index (κ2) is 54.4. The van der Waals surface area contributed by atoms with Crippen molar-refractivity contribution < 1.29 is 56.8 Å². The highest BCUT2D eigenvalue weighted by atomic mass is 16.7. The van der Waals surface area contributed by atoms with E-state index >= 15 is 0 Å². The van der Waals surface area contributed by atoms with Crippen molar-refractivity contribution in [3.63, 3.8) is 0 Å². The van der Waals surface area contributed by atoms with Gasteiger partial charge >= 0.3 is 0 Å². The number of hydrogen-bond acceptors (Lipinski definition) is 12. The molecule has 6 aliphatic rings. The maximum absolute atomic E-state index is 6.32. The molecule has 0 radical (unpaired) electrons. The fourth-order valence-electron chi connectivity index (χ4n) is 16.7. The summed E-state index contributed by atoms with van der Waals surface area (Å²) in [6.07, 6.45) is 30.2. The molecule has 13 rings (SSSR count). The van der Waals surface area contributed by atoms with Crippen molar-refractivity contribution in [3.05, 3.63) is 215 Å². The molecule has 6 fully saturated rings. The zero-order valence-corrected chi connectivity index (χ0v) is 75.8. The molecule has 0 saturated heterocycles. The van der Waals surface area contributed by atoms with E-state index in [1.807, 2.05) is 89.2 Å². The van der Waals surface area contributed by atoms with E-state index in [9.17, 15) is 0 Å². The molecule has 6 aliphatic carbocycles. The van der Waals surface area contributed by atoms with Gasteiger partial charge in [0.15, 0.2) is 38.7 Å². The predicted octanol–water partition coefficient (Wildman–Crippen LogP) is 29.0. The molecular weight excluding hydrogens is 1450 g/mol. The first-order valence-electron chi connectivity index (χ1n) is 45.9. The molecule has 0 aromatic heterocycles. The van der Waals surface area contributed by atoms with Gasteiger partial charge in [0.2, 0.25) is 0 Å². The van der Waals surface area contributed by atoms with Crippen LogP contribution in [0.15, 0.2) is 176 Å². The number of hydrogen-bond donors (Lipinski definition) is 0. The second-order valence-electron chi connectivity index (χ2n) is 34.2. The third kappa shape index (κ3) is 36.1. The fraction of sp³-hybridized carbons (Fsp3) is 0.600. The molecule has 6 saturated carbocycles. The molecule has 10 atom stereocenters. The lowest BCUT2D eigenvalue weighted by atomic mass is 9.54. The minimum absolute atomic E-state index is 0.144. The number of benzene rings is 7. The van der Waals surface area contributed by atoms with Crippen molar-refractivity contribution in [1.82, 2.24) is 0 Å². The smallest absolute Gasteiger partial charge is 0.197 e. The van der Waals surface area contributed by atoms with Gasteiger partial charge in [-0.05, 0) is 308 Å². The average Bonchev–Trinajstić information content (AvgIpc) is 0.752. The summed E-state index contributed by atoms with van der Waals surface area (Å²) in [5.41, 5.74) is 9.64. The molecule has 4 bridgehead atoms. The van der Waals surface area contributed by atoms with Crippen LogP contribution in [0.25, 0.3) is 0 Å². The standard InChI is InChI=1S/C21H30O2.C20H32O2.C20H26O2.C18H28O2.C14H22O2.C12H18O2/c1-3-15(2)19-4-6-20(7-5-19)22-14-23-21-11-16-8-17(12-21)10-18(9-16)13-21;2*1-4-16(2)19-10-12-20(13-11-19)22-17(3)21-15-14-18-8-6-5-7-9-18;1-4-14(2)16-10-12-18(13-11-16)20-15(3)19-17-8-6-5-7-9-17;1-5-11(3)13-7-9-14(10-8-13)16-12(4)15-6-2;1-4-10(2)11-5-7-12(8-6-11)14-9-13-3/h4-7,15-18H,3,8-14H2,1-2H3;10-13,16-18H,4-9,14-15H2,1-3H3;5-13,16-17H,4,14-15H2,1-3H3;10-15,17H,4-9H2,1-3H3;7-12H,5-6H2,1-4H3;5-8,10H,4,9H2,1-3H3. The molecule has 0 amide bonds. The highest BCUT2D eigenvalue weighted by Crippen LogP contribution is 2.57. The molecule has 12 nitrogen and oxygen atoms in total. The molecular formula is C105H156O12. The molecule has 0 spiro atoms. The van der Waals surface area contributed by atoms with Crippen LogP contribution >= 0.6 is 0 Å². The van der Waals surface area contributed by atoms with Crippen molar-refractivity contribution in [2.45, 2.75) is 344 Å². The van der Waals surface area contributed by atoms with E-state index in [-0.39, 0.29) is 30.8 Å². The quantitative estimate of drug-likeness (QED) is 0.0342. The van der Waals surface area contributed by atoms with Crippen LogP contribution in [0.1, 0.15) is 340 Å². The first-order chi connectivity index (χ1) is 56.7. The van der Waals surface area contributed by atoms with Gasteiger partial charge in [-0.3, -0.25) is 0 Å². The van der Waals surface area contributed by atoms with Crippen molar-refractivity contribution in [2.24, 2.45) is 23.7 Å². The Morgan fingerprint density at radius 1 is 0.333 bits per heavy atom. The third-order valence-electron chi connectivity index (χ3n) is 25.0. The van der Waals surface area contributed by atoms with Crippen LogP contribution < -0.4 is 28.4 Å². The van der Waals surface area contributed by atoms with Crippen LogP contribution in [-0.4, -0.2) is 77.4 Å². The first kappa shape index (κ1) is 97.2. The first-order valence-corrected chi connectivity index (χ1v) is 45.9. The SMILES string of the molecule is CCC(C)c1ccc(OC(C)OC2CCCCC2)cc1.CCC(C)c1ccc(OC(C)OCCC2CCCCC2)cc1.CCC(C)c1ccc(OC(C)OCCc2ccccc2)cc1.CCC(C)c1ccc(OCOC)cc1.CCC(C)c1ccc(OCOC23CC4CC(CC(C4)C2)C3)cc1.CCOC(C)Oc1ccc(C(C)CC)cc1. The Hall–Kier alpha value is -6.90. The van der Waals surface area contributed by atoms with Crippen molar-refractivity contribution in [3.8, 4) is 34.5 Å². The van der Waals surface area contributed by atoms with E-state index in [1.54, 1.807) is 7.11 Å². The largest absolute Gasteiger partial charge is 0.468 e. The fourth-order valence-corrected chi connectivity index (χ4v) is 16.7. The second-order valence-corrected chi connectivity index (χ2v) is 34.2. The van der Waals surface area contributed by atoms with E-state index in [1.165, 1.54) is 167 Å². The van der Waals surface area contributed by atoms with Gasteiger partial charge in [-0.15, -0.1) is 0 Å². The van der Waals surface area contributed by atoms with E-state index in [0.29, 0.717) is 68.4 Å². The highest BCUT2D eigenvalue weighted by Gasteiger charge is 2.52. The van der Waals surface area contributed by atoms with Crippen molar-refractivity contribution in [1.29, 1.82) is 0 Å². The molecule has 117 heavy (non-hydrogen) atoms. The lowest BCUT2D eigenvalue weighted by molar-refractivity contribution is -0.190. The van der Waals surface area contributed by atoms with E-state index in [4.69, 9.17) is 56.8 Å². The van der Waals surface area contributed by atoms with Crippen LogP contribution in [0.5, 0.6) is 34.5 Å². The Bertz CT molecular complexity index is 3590. The number of ether oxygens (including phenoxy) is 12. The molecule has 0 heterocycles. The van der Waals surface area contributed by atoms with E-state index in [0.717, 1.165) is 90.5 Å². The summed E-state index contributed by atoms with van der Waals surface area (Å²) in [6.45, 7) is 39.4. The van der Waals surface area contributed by atoms with Crippen LogP contribution in [0.2, 0.25) is 0 Å².